The van der Waals surface area contributed by atoms with Crippen molar-refractivity contribution in [1.82, 2.24) is 20.0 Å². The highest BCUT2D eigenvalue weighted by atomic mass is 35.5. The number of nitrogens with zero attached hydrogens (tertiary/aromatic N) is 3. The number of nitrogens with one attached hydrogen (secondary N) is 2. The van der Waals surface area contributed by atoms with Crippen LogP contribution < -0.4 is 25.4 Å². The molecule has 2 fully saturated rings. The van der Waals surface area contributed by atoms with Gasteiger partial charge >= 0.3 is 12.1 Å². The minimum atomic E-state index is -4.92. The van der Waals surface area contributed by atoms with Crippen LogP contribution in [0.25, 0.3) is 11.1 Å². The third-order valence-corrected chi connectivity index (χ3v) is 9.99. The van der Waals surface area contributed by atoms with Crippen molar-refractivity contribution in [2.24, 2.45) is 5.41 Å². The Bertz CT molecular complexity index is 1700. The maximum atomic E-state index is 14.7. The molecule has 2 aliphatic heterocycles. The summed E-state index contributed by atoms with van der Waals surface area (Å²) in [6, 6.07) is 10.2. The first kappa shape index (κ1) is 33.7. The molecule has 1 spiro atoms. The van der Waals surface area contributed by atoms with Crippen molar-refractivity contribution in [3.63, 3.8) is 0 Å². The van der Waals surface area contributed by atoms with E-state index in [9.17, 15) is 26.4 Å². The molecule has 11 nitrogen and oxygen atoms in total. The molecule has 2 saturated heterocycles. The highest BCUT2D eigenvalue weighted by Gasteiger charge is 2.46. The zero-order valence-corrected chi connectivity index (χ0v) is 26.7. The number of halogens is 4. The van der Waals surface area contributed by atoms with Gasteiger partial charge in [-0.1, -0.05) is 29.8 Å². The number of sulfonamides is 1. The molecule has 0 radical (unpaired) electrons. The van der Waals surface area contributed by atoms with E-state index in [0.29, 0.717) is 38.5 Å². The number of piperidine rings is 1. The molecule has 16 heteroatoms. The molecule has 3 heterocycles. The number of nitrogens with two attached hydrogens (primary N) is 1. The molecule has 0 saturated carbocycles. The van der Waals surface area contributed by atoms with Crippen molar-refractivity contribution in [3.05, 3.63) is 59.1 Å². The summed E-state index contributed by atoms with van der Waals surface area (Å²) >= 11 is 6.19. The van der Waals surface area contributed by atoms with Crippen LogP contribution in [0, 0.1) is 5.41 Å². The molecule has 2 aromatic carbocycles. The van der Waals surface area contributed by atoms with E-state index in [2.05, 4.69) is 20.0 Å². The van der Waals surface area contributed by atoms with E-state index in [1.54, 1.807) is 6.92 Å². The molecule has 3 aromatic rings. The van der Waals surface area contributed by atoms with Crippen LogP contribution in [0.3, 0.4) is 0 Å². The van der Waals surface area contributed by atoms with Crippen molar-refractivity contribution < 1.29 is 35.9 Å². The number of hydrogen-bond donors (Lipinski definition) is 3. The SMILES string of the molecule is CCOC(=O)[C@@H]1CC2(CCN(c3cc(O[C@H](c4ccc(Cl)cc4-c4cccc(S(=O)(=O)NC)c4)C(F)(F)F)nc(N)n3)CC2)CN1. The van der Waals surface area contributed by atoms with E-state index >= 15 is 0 Å². The lowest BCUT2D eigenvalue weighted by molar-refractivity contribution is -0.198. The first-order valence-electron chi connectivity index (χ1n) is 14.6. The quantitative estimate of drug-likeness (QED) is 0.276. The molecular formula is C30H34ClF3N6O5S. The molecule has 0 aliphatic carbocycles. The first-order valence-corrected chi connectivity index (χ1v) is 16.5. The van der Waals surface area contributed by atoms with Gasteiger partial charge in [-0.25, -0.2) is 13.1 Å². The number of carbonyl (C=O) groups is 1. The Kier molecular flexibility index (Phi) is 9.68. The molecule has 248 valence electrons. The van der Waals surface area contributed by atoms with E-state index < -0.39 is 22.3 Å². The Morgan fingerprint density at radius 2 is 1.93 bits per heavy atom. The molecule has 2 aliphatic rings. The Balaban J connectivity index is 1.41. The molecule has 2 atom stereocenters. The largest absolute Gasteiger partial charge is 0.465 e. The Hall–Kier alpha value is -3.66. The topological polar surface area (TPSA) is 149 Å². The summed E-state index contributed by atoms with van der Waals surface area (Å²) in [7, 11) is -2.65. The number of aromatic nitrogens is 2. The standard InChI is InChI=1S/C30H34ClF3N6O5S/c1-3-44-27(41)23-16-29(17-37-23)9-11-40(12-10-29)24-15-25(39-28(35)38-24)45-26(30(32,33)34)21-8-7-19(31)14-22(21)18-5-4-6-20(13-18)46(42,43)36-2/h4-8,13-15,23,26,36-37H,3,9-12,16-17H2,1-2H3,(H2,35,38,39)/t23-,26+/m0/s1. The second-order valence-corrected chi connectivity index (χ2v) is 13.6. The van der Waals surface area contributed by atoms with Gasteiger partial charge in [0.05, 0.1) is 11.5 Å². The number of benzene rings is 2. The average Bonchev–Trinajstić information content (AvgIpc) is 3.43. The van der Waals surface area contributed by atoms with Crippen LogP contribution in [0.1, 0.15) is 37.9 Å². The zero-order valence-electron chi connectivity index (χ0n) is 25.1. The Morgan fingerprint density at radius 1 is 1.20 bits per heavy atom. The summed E-state index contributed by atoms with van der Waals surface area (Å²) in [4.78, 5) is 22.2. The van der Waals surface area contributed by atoms with E-state index in [1.165, 1.54) is 55.6 Å². The van der Waals surface area contributed by atoms with Gasteiger partial charge in [0.15, 0.2) is 0 Å². The molecule has 0 amide bonds. The minimum absolute atomic E-state index is 0.0258. The summed E-state index contributed by atoms with van der Waals surface area (Å²) < 4.78 is 81.8. The Morgan fingerprint density at radius 3 is 2.61 bits per heavy atom. The van der Waals surface area contributed by atoms with Gasteiger partial charge in [0.25, 0.3) is 0 Å². The van der Waals surface area contributed by atoms with Crippen molar-refractivity contribution in [2.75, 3.05) is 43.9 Å². The number of carbonyl (C=O) groups excluding carboxylic acids is 1. The van der Waals surface area contributed by atoms with E-state index in [4.69, 9.17) is 26.8 Å². The van der Waals surface area contributed by atoms with Crippen LogP contribution in [0.4, 0.5) is 24.9 Å². The van der Waals surface area contributed by atoms with E-state index in [1.807, 2.05) is 4.90 Å². The summed E-state index contributed by atoms with van der Waals surface area (Å²) in [5.74, 6) is -0.610. The maximum Gasteiger partial charge on any atom is 0.429 e. The van der Waals surface area contributed by atoms with Crippen LogP contribution in [-0.2, 0) is 19.6 Å². The second kappa shape index (κ2) is 13.2. The summed E-state index contributed by atoms with van der Waals surface area (Å²) in [5, 5.41) is 3.40. The third kappa shape index (κ3) is 7.32. The Labute approximate surface area is 269 Å². The zero-order chi connectivity index (χ0) is 33.3. The number of alkyl halides is 3. The van der Waals surface area contributed by atoms with Gasteiger partial charge in [0.1, 0.15) is 11.9 Å². The lowest BCUT2D eigenvalue weighted by atomic mass is 9.76. The van der Waals surface area contributed by atoms with Gasteiger partial charge in [0.2, 0.25) is 28.0 Å². The van der Waals surface area contributed by atoms with Gasteiger partial charge in [-0.15, -0.1) is 0 Å². The monoisotopic (exact) mass is 682 g/mol. The van der Waals surface area contributed by atoms with Crippen molar-refractivity contribution in [2.45, 2.75) is 49.4 Å². The first-order chi connectivity index (χ1) is 21.7. The molecule has 0 unspecified atom stereocenters. The van der Waals surface area contributed by atoms with Crippen LogP contribution >= 0.6 is 11.6 Å². The highest BCUT2D eigenvalue weighted by Crippen LogP contribution is 2.43. The normalized spacial score (nSPS) is 18.8. The maximum absolute atomic E-state index is 14.7. The highest BCUT2D eigenvalue weighted by molar-refractivity contribution is 7.89. The lowest BCUT2D eigenvalue weighted by Gasteiger charge is -2.39. The fourth-order valence-electron chi connectivity index (χ4n) is 5.95. The summed E-state index contributed by atoms with van der Waals surface area (Å²) in [5.41, 5.74) is 5.74. The minimum Gasteiger partial charge on any atom is -0.465 e. The molecular weight excluding hydrogens is 649 g/mol. The van der Waals surface area contributed by atoms with Crippen molar-refractivity contribution >= 4 is 39.4 Å². The molecule has 1 aromatic heterocycles. The fraction of sp³-hybridized carbons (Fsp3) is 0.433. The number of anilines is 2. The van der Waals surface area contributed by atoms with E-state index in [0.717, 1.165) is 12.8 Å². The number of nitrogen functional groups attached to an aromatic ring is 1. The van der Waals surface area contributed by atoms with Crippen molar-refractivity contribution in [1.29, 1.82) is 0 Å². The smallest absolute Gasteiger partial charge is 0.429 e. The molecule has 5 rings (SSSR count). The second-order valence-electron chi connectivity index (χ2n) is 11.3. The number of ether oxygens (including phenoxy) is 2. The van der Waals surface area contributed by atoms with Gasteiger partial charge in [0, 0.05) is 36.3 Å². The third-order valence-electron chi connectivity index (χ3n) is 8.34. The van der Waals surface area contributed by atoms with Gasteiger partial charge in [-0.3, -0.25) is 4.79 Å². The molecule has 46 heavy (non-hydrogen) atoms. The lowest BCUT2D eigenvalue weighted by Crippen LogP contribution is -2.41. The number of hydrogen-bond acceptors (Lipinski definition) is 10. The number of esters is 1. The molecule has 0 bridgehead atoms. The fourth-order valence-corrected chi connectivity index (χ4v) is 6.90. The van der Waals surface area contributed by atoms with Gasteiger partial charge in [-0.2, -0.15) is 23.1 Å². The van der Waals surface area contributed by atoms with Crippen LogP contribution in [0.15, 0.2) is 53.4 Å². The molecule has 4 N–H and O–H groups in total. The predicted octanol–water partition coefficient (Wildman–Crippen LogP) is 4.48. The van der Waals surface area contributed by atoms with Crippen LogP contribution in [0.5, 0.6) is 5.88 Å². The van der Waals surface area contributed by atoms with Crippen LogP contribution in [0.2, 0.25) is 5.02 Å². The van der Waals surface area contributed by atoms with Crippen molar-refractivity contribution in [3.8, 4) is 17.0 Å². The van der Waals surface area contributed by atoms with Crippen LogP contribution in [-0.4, -0.2) is 69.9 Å². The average molecular weight is 683 g/mol. The summed E-state index contributed by atoms with van der Waals surface area (Å²) in [6.45, 7) is 3.79. The van der Waals surface area contributed by atoms with Gasteiger partial charge < -0.3 is 25.4 Å². The van der Waals surface area contributed by atoms with Gasteiger partial charge in [-0.05, 0) is 74.0 Å². The van der Waals surface area contributed by atoms with E-state index in [-0.39, 0.29) is 55.9 Å². The summed E-state index contributed by atoms with van der Waals surface area (Å²) in [6.07, 6.45) is -5.35. The predicted molar refractivity (Wildman–Crippen MR) is 166 cm³/mol. The number of rotatable bonds is 9.